The average molecular weight is 395 g/mol. The molecule has 0 bridgehead atoms. The third-order valence-electron chi connectivity index (χ3n) is 5.23. The van der Waals surface area contributed by atoms with Gasteiger partial charge in [0.05, 0.1) is 24.5 Å². The summed E-state index contributed by atoms with van der Waals surface area (Å²) in [6, 6.07) is 9.87. The van der Waals surface area contributed by atoms with Crippen LogP contribution in [-0.2, 0) is 20.0 Å². The minimum absolute atomic E-state index is 0.00426. The molecule has 29 heavy (non-hydrogen) atoms. The summed E-state index contributed by atoms with van der Waals surface area (Å²) in [4.78, 5) is 12.4. The van der Waals surface area contributed by atoms with Crippen LogP contribution in [-0.4, -0.2) is 31.6 Å². The van der Waals surface area contributed by atoms with Gasteiger partial charge in [-0.05, 0) is 45.2 Å². The van der Waals surface area contributed by atoms with Crippen molar-refractivity contribution in [2.24, 2.45) is 7.05 Å². The number of hydrogen-bond acceptors (Lipinski definition) is 3. The Kier molecular flexibility index (Phi) is 6.36. The highest BCUT2D eigenvalue weighted by atomic mass is 16.2. The van der Waals surface area contributed by atoms with E-state index in [-0.39, 0.29) is 18.1 Å². The maximum Gasteiger partial charge on any atom is 0.315 e. The van der Waals surface area contributed by atoms with Crippen LogP contribution >= 0.6 is 0 Å². The Morgan fingerprint density at radius 3 is 2.52 bits per heavy atom. The molecule has 2 N–H and O–H groups in total. The molecule has 2 atom stereocenters. The molecule has 0 spiro atoms. The second kappa shape index (κ2) is 8.94. The molecule has 0 aliphatic rings. The summed E-state index contributed by atoms with van der Waals surface area (Å²) in [5, 5.41) is 14.9. The van der Waals surface area contributed by atoms with Crippen LogP contribution in [0.2, 0.25) is 0 Å². The van der Waals surface area contributed by atoms with Crippen molar-refractivity contribution in [3.63, 3.8) is 0 Å². The zero-order chi connectivity index (χ0) is 21.0. The number of nitrogens with one attached hydrogen (secondary N) is 2. The van der Waals surface area contributed by atoms with E-state index in [1.807, 2.05) is 61.6 Å². The van der Waals surface area contributed by atoms with Crippen LogP contribution in [0.4, 0.5) is 4.79 Å². The van der Waals surface area contributed by atoms with Gasteiger partial charge in [-0.3, -0.25) is 9.36 Å². The molecule has 1 aromatic carbocycles. The second-order valence-corrected chi connectivity index (χ2v) is 7.67. The lowest BCUT2D eigenvalue weighted by molar-refractivity contribution is 0.234. The van der Waals surface area contributed by atoms with E-state index in [9.17, 15) is 4.79 Å². The molecule has 3 rings (SSSR count). The maximum atomic E-state index is 12.4. The zero-order valence-corrected chi connectivity index (χ0v) is 17.8. The summed E-state index contributed by atoms with van der Waals surface area (Å²) >= 11 is 0. The van der Waals surface area contributed by atoms with Gasteiger partial charge in [-0.2, -0.15) is 10.2 Å². The van der Waals surface area contributed by atoms with E-state index in [2.05, 4.69) is 39.9 Å². The molecule has 0 aliphatic carbocycles. The molecule has 154 valence electrons. The van der Waals surface area contributed by atoms with Crippen molar-refractivity contribution >= 4 is 6.03 Å². The lowest BCUT2D eigenvalue weighted by atomic mass is 10.1. The SMILES string of the molecule is Cc1nn(C)c(C)c1CC(C)NC(=O)NC(C)c1cnn(Cc2ccccc2)c1. The minimum atomic E-state index is -0.181. The first kappa shape index (κ1) is 20.6. The molecule has 7 heteroatoms. The highest BCUT2D eigenvalue weighted by Crippen LogP contribution is 2.15. The third-order valence-corrected chi connectivity index (χ3v) is 5.23. The molecule has 2 unspecified atom stereocenters. The van der Waals surface area contributed by atoms with E-state index < -0.39 is 0 Å². The van der Waals surface area contributed by atoms with Crippen LogP contribution in [0.25, 0.3) is 0 Å². The number of rotatable bonds is 7. The molecule has 7 nitrogen and oxygen atoms in total. The van der Waals surface area contributed by atoms with Gasteiger partial charge < -0.3 is 10.6 Å². The fourth-order valence-corrected chi connectivity index (χ4v) is 3.48. The van der Waals surface area contributed by atoms with Gasteiger partial charge in [0.2, 0.25) is 0 Å². The second-order valence-electron chi connectivity index (χ2n) is 7.67. The summed E-state index contributed by atoms with van der Waals surface area (Å²) < 4.78 is 3.77. The van der Waals surface area contributed by atoms with Gasteiger partial charge in [0.25, 0.3) is 0 Å². The summed E-state index contributed by atoms with van der Waals surface area (Å²) in [6.45, 7) is 8.74. The Balaban J connectivity index is 1.52. The predicted octanol–water partition coefficient (Wildman–Crippen LogP) is 3.27. The summed E-state index contributed by atoms with van der Waals surface area (Å²) in [7, 11) is 1.94. The molecular weight excluding hydrogens is 364 g/mol. The van der Waals surface area contributed by atoms with Gasteiger partial charge in [0.15, 0.2) is 0 Å². The van der Waals surface area contributed by atoms with E-state index in [4.69, 9.17) is 0 Å². The smallest absolute Gasteiger partial charge is 0.315 e. The molecule has 2 aromatic heterocycles. The Bertz CT molecular complexity index is 959. The number of urea groups is 1. The van der Waals surface area contributed by atoms with Crippen molar-refractivity contribution < 1.29 is 4.79 Å². The third kappa shape index (κ3) is 5.25. The number of nitrogens with zero attached hydrogens (tertiary/aromatic N) is 4. The number of amides is 2. The quantitative estimate of drug-likeness (QED) is 0.646. The van der Waals surface area contributed by atoms with E-state index >= 15 is 0 Å². The topological polar surface area (TPSA) is 76.8 Å². The molecule has 0 saturated carbocycles. The summed E-state index contributed by atoms with van der Waals surface area (Å²) in [6.07, 6.45) is 4.53. The monoisotopic (exact) mass is 394 g/mol. The lowest BCUT2D eigenvalue weighted by Crippen LogP contribution is -2.42. The molecule has 0 saturated heterocycles. The first-order chi connectivity index (χ1) is 13.8. The average Bonchev–Trinajstić information content (AvgIpc) is 3.23. The molecule has 0 radical (unpaired) electrons. The Morgan fingerprint density at radius 1 is 1.14 bits per heavy atom. The van der Waals surface area contributed by atoms with Gasteiger partial charge in [0.1, 0.15) is 0 Å². The highest BCUT2D eigenvalue weighted by molar-refractivity contribution is 5.74. The van der Waals surface area contributed by atoms with Gasteiger partial charge in [0, 0.05) is 30.5 Å². The number of hydrogen-bond donors (Lipinski definition) is 2. The standard InChI is InChI=1S/C22H30N6O/c1-15(11-21-17(3)26-27(5)18(21)4)24-22(29)25-16(2)20-12-23-28(14-20)13-19-9-7-6-8-10-19/h6-10,12,14-16H,11,13H2,1-5H3,(H2,24,25,29). The van der Waals surface area contributed by atoms with E-state index in [0.717, 1.165) is 23.4 Å². The number of benzene rings is 1. The van der Waals surface area contributed by atoms with Gasteiger partial charge in [-0.1, -0.05) is 30.3 Å². The first-order valence-corrected chi connectivity index (χ1v) is 9.96. The highest BCUT2D eigenvalue weighted by Gasteiger charge is 2.16. The Labute approximate surface area is 172 Å². The van der Waals surface area contributed by atoms with Crippen LogP contribution in [0.15, 0.2) is 42.7 Å². The fourth-order valence-electron chi connectivity index (χ4n) is 3.48. The predicted molar refractivity (Wildman–Crippen MR) is 114 cm³/mol. The zero-order valence-electron chi connectivity index (χ0n) is 17.8. The molecule has 2 heterocycles. The fraction of sp³-hybridized carbons (Fsp3) is 0.409. The normalized spacial score (nSPS) is 13.1. The Hall–Kier alpha value is -3.09. The summed E-state index contributed by atoms with van der Waals surface area (Å²) in [5.41, 5.74) is 5.50. The van der Waals surface area contributed by atoms with Crippen molar-refractivity contribution in [3.05, 3.63) is 70.8 Å². The number of aryl methyl sites for hydroxylation is 2. The number of carbonyl (C=O) groups excluding carboxylic acids is 1. The Morgan fingerprint density at radius 2 is 1.86 bits per heavy atom. The number of carbonyl (C=O) groups is 1. The van der Waals surface area contributed by atoms with Crippen molar-refractivity contribution in [1.82, 2.24) is 30.2 Å². The lowest BCUT2D eigenvalue weighted by Gasteiger charge is -2.18. The molecule has 2 amide bonds. The van der Waals surface area contributed by atoms with Crippen LogP contribution in [0, 0.1) is 13.8 Å². The van der Waals surface area contributed by atoms with Gasteiger partial charge in [-0.15, -0.1) is 0 Å². The van der Waals surface area contributed by atoms with Crippen molar-refractivity contribution in [2.45, 2.75) is 52.7 Å². The van der Waals surface area contributed by atoms with Crippen LogP contribution in [0.3, 0.4) is 0 Å². The molecule has 0 aliphatic heterocycles. The van der Waals surface area contributed by atoms with Gasteiger partial charge >= 0.3 is 6.03 Å². The molecular formula is C22H30N6O. The molecule has 0 fully saturated rings. The maximum absolute atomic E-state index is 12.4. The number of aromatic nitrogens is 4. The summed E-state index contributed by atoms with van der Waals surface area (Å²) in [5.74, 6) is 0. The minimum Gasteiger partial charge on any atom is -0.335 e. The van der Waals surface area contributed by atoms with E-state index in [1.165, 1.54) is 11.1 Å². The van der Waals surface area contributed by atoms with Crippen molar-refractivity contribution in [2.75, 3.05) is 0 Å². The largest absolute Gasteiger partial charge is 0.335 e. The van der Waals surface area contributed by atoms with E-state index in [1.54, 1.807) is 6.20 Å². The van der Waals surface area contributed by atoms with E-state index in [0.29, 0.717) is 6.54 Å². The van der Waals surface area contributed by atoms with Crippen LogP contribution in [0.1, 0.15) is 48.0 Å². The van der Waals surface area contributed by atoms with Crippen LogP contribution in [0.5, 0.6) is 0 Å². The first-order valence-electron chi connectivity index (χ1n) is 9.96. The van der Waals surface area contributed by atoms with Crippen LogP contribution < -0.4 is 10.6 Å². The molecule has 3 aromatic rings. The van der Waals surface area contributed by atoms with Crippen molar-refractivity contribution in [1.29, 1.82) is 0 Å². The van der Waals surface area contributed by atoms with Gasteiger partial charge in [-0.25, -0.2) is 4.79 Å². The van der Waals surface area contributed by atoms with Crippen molar-refractivity contribution in [3.8, 4) is 0 Å².